The number of rotatable bonds is 5. The van der Waals surface area contributed by atoms with Crippen molar-refractivity contribution in [3.8, 4) is 0 Å². The Morgan fingerprint density at radius 1 is 1.22 bits per heavy atom. The summed E-state index contributed by atoms with van der Waals surface area (Å²) in [7, 11) is 0. The van der Waals surface area contributed by atoms with Gasteiger partial charge in [-0.15, -0.1) is 0 Å². The van der Waals surface area contributed by atoms with E-state index in [4.69, 9.17) is 5.73 Å². The maximum Gasteiger partial charge on any atom is 0.00362 e. The molecule has 0 unspecified atom stereocenters. The Kier molecular flexibility index (Phi) is 6.06. The van der Waals surface area contributed by atoms with Crippen LogP contribution >= 0.6 is 0 Å². The minimum Gasteiger partial charge on any atom is -0.328 e. The normalized spacial score (nSPS) is 13.7. The molecule has 0 spiro atoms. The molecule has 0 aromatic carbocycles. The van der Waals surface area contributed by atoms with Crippen LogP contribution in [0.25, 0.3) is 0 Å². The molecule has 0 rings (SSSR count). The second-order valence-electron chi connectivity index (χ2n) is 2.66. The summed E-state index contributed by atoms with van der Waals surface area (Å²) in [4.78, 5) is 0. The van der Waals surface area contributed by atoms with Crippen molar-refractivity contribution < 1.29 is 0 Å². The lowest BCUT2D eigenvalue weighted by Gasteiger charge is -2.05. The molecule has 56 valence electrons. The summed E-state index contributed by atoms with van der Waals surface area (Å²) in [6, 6.07) is 0.455. The van der Waals surface area contributed by atoms with Gasteiger partial charge in [-0.1, -0.05) is 33.1 Å². The van der Waals surface area contributed by atoms with Gasteiger partial charge in [-0.2, -0.15) is 0 Å². The Morgan fingerprint density at radius 2 is 1.89 bits per heavy atom. The first-order valence-electron chi connectivity index (χ1n) is 4.06. The molecule has 2 N–H and O–H groups in total. The van der Waals surface area contributed by atoms with Crippen LogP contribution in [-0.2, 0) is 0 Å². The van der Waals surface area contributed by atoms with E-state index in [1.807, 2.05) is 0 Å². The van der Waals surface area contributed by atoms with Crippen molar-refractivity contribution in [2.75, 3.05) is 0 Å². The Labute approximate surface area is 58.6 Å². The topological polar surface area (TPSA) is 26.0 Å². The van der Waals surface area contributed by atoms with Crippen LogP contribution in [0.1, 0.15) is 46.0 Å². The van der Waals surface area contributed by atoms with E-state index in [0.29, 0.717) is 6.04 Å². The molecular formula is C8H19N. The van der Waals surface area contributed by atoms with E-state index in [1.54, 1.807) is 0 Å². The molecule has 0 aromatic rings. The van der Waals surface area contributed by atoms with Gasteiger partial charge in [-0.25, -0.2) is 0 Å². The predicted molar refractivity (Wildman–Crippen MR) is 42.4 cm³/mol. The van der Waals surface area contributed by atoms with Crippen molar-refractivity contribution in [1.82, 2.24) is 0 Å². The van der Waals surface area contributed by atoms with E-state index in [1.165, 1.54) is 25.7 Å². The van der Waals surface area contributed by atoms with E-state index in [0.717, 1.165) is 6.42 Å². The fourth-order valence-corrected chi connectivity index (χ4v) is 0.861. The SMILES string of the molecule is CCCCC[C@H](N)CC. The summed E-state index contributed by atoms with van der Waals surface area (Å²) in [5, 5.41) is 0. The number of nitrogens with two attached hydrogens (primary N) is 1. The molecule has 0 bridgehead atoms. The van der Waals surface area contributed by atoms with Crippen molar-refractivity contribution in [3.63, 3.8) is 0 Å². The zero-order chi connectivity index (χ0) is 7.11. The van der Waals surface area contributed by atoms with Crippen LogP contribution in [0.3, 0.4) is 0 Å². The first-order chi connectivity index (χ1) is 4.31. The van der Waals surface area contributed by atoms with Gasteiger partial charge in [0.05, 0.1) is 0 Å². The van der Waals surface area contributed by atoms with Gasteiger partial charge in [0, 0.05) is 6.04 Å². The van der Waals surface area contributed by atoms with Gasteiger partial charge in [-0.3, -0.25) is 0 Å². The van der Waals surface area contributed by atoms with E-state index >= 15 is 0 Å². The van der Waals surface area contributed by atoms with E-state index in [-0.39, 0.29) is 0 Å². The molecule has 0 aliphatic rings. The van der Waals surface area contributed by atoms with Gasteiger partial charge in [0.15, 0.2) is 0 Å². The lowest BCUT2D eigenvalue weighted by Crippen LogP contribution is -2.17. The van der Waals surface area contributed by atoms with Crippen molar-refractivity contribution in [3.05, 3.63) is 0 Å². The second kappa shape index (κ2) is 6.09. The van der Waals surface area contributed by atoms with Crippen LogP contribution in [0.2, 0.25) is 0 Å². The first-order valence-corrected chi connectivity index (χ1v) is 4.06. The molecule has 0 aromatic heterocycles. The molecule has 0 saturated carbocycles. The molecule has 0 aliphatic heterocycles. The van der Waals surface area contributed by atoms with Crippen molar-refractivity contribution in [1.29, 1.82) is 0 Å². The largest absolute Gasteiger partial charge is 0.328 e. The highest BCUT2D eigenvalue weighted by atomic mass is 14.6. The Bertz CT molecular complexity index is 52.5. The molecule has 1 atom stereocenters. The lowest BCUT2D eigenvalue weighted by atomic mass is 10.1. The van der Waals surface area contributed by atoms with E-state index in [2.05, 4.69) is 13.8 Å². The standard InChI is InChI=1S/C8H19N/c1-3-5-6-7-8(9)4-2/h8H,3-7,9H2,1-2H3/t8-/m1/s1. The average molecular weight is 129 g/mol. The van der Waals surface area contributed by atoms with Gasteiger partial charge < -0.3 is 5.73 Å². The number of unbranched alkanes of at least 4 members (excludes halogenated alkanes) is 2. The molecule has 0 amide bonds. The Balaban J connectivity index is 2.88. The Hall–Kier alpha value is -0.0400. The molecule has 9 heavy (non-hydrogen) atoms. The van der Waals surface area contributed by atoms with Gasteiger partial charge in [0.25, 0.3) is 0 Å². The molecule has 1 heteroatoms. The highest BCUT2D eigenvalue weighted by Gasteiger charge is 1.95. The fourth-order valence-electron chi connectivity index (χ4n) is 0.861. The van der Waals surface area contributed by atoms with Crippen LogP contribution in [-0.4, -0.2) is 6.04 Å². The molecule has 0 fully saturated rings. The zero-order valence-corrected chi connectivity index (χ0v) is 6.69. The molecule has 1 nitrogen and oxygen atoms in total. The van der Waals surface area contributed by atoms with Crippen LogP contribution in [0, 0.1) is 0 Å². The smallest absolute Gasteiger partial charge is 0.00362 e. The zero-order valence-electron chi connectivity index (χ0n) is 6.69. The van der Waals surface area contributed by atoms with Crippen LogP contribution in [0.5, 0.6) is 0 Å². The average Bonchev–Trinajstić information content (AvgIpc) is 1.89. The lowest BCUT2D eigenvalue weighted by molar-refractivity contribution is 0.547. The summed E-state index contributed by atoms with van der Waals surface area (Å²) in [6.45, 7) is 4.37. The summed E-state index contributed by atoms with van der Waals surface area (Å²) in [5.41, 5.74) is 5.71. The second-order valence-corrected chi connectivity index (χ2v) is 2.66. The third-order valence-corrected chi connectivity index (χ3v) is 1.70. The van der Waals surface area contributed by atoms with Crippen LogP contribution in [0.4, 0.5) is 0 Å². The Morgan fingerprint density at radius 3 is 2.33 bits per heavy atom. The van der Waals surface area contributed by atoms with Crippen molar-refractivity contribution in [2.24, 2.45) is 5.73 Å². The van der Waals surface area contributed by atoms with Crippen LogP contribution in [0.15, 0.2) is 0 Å². The molecule has 0 saturated heterocycles. The van der Waals surface area contributed by atoms with Crippen molar-refractivity contribution >= 4 is 0 Å². The minimum absolute atomic E-state index is 0.455. The maximum absolute atomic E-state index is 5.71. The highest BCUT2D eigenvalue weighted by molar-refractivity contribution is 4.56. The van der Waals surface area contributed by atoms with Gasteiger partial charge in [0.1, 0.15) is 0 Å². The maximum atomic E-state index is 5.71. The van der Waals surface area contributed by atoms with Gasteiger partial charge in [0.2, 0.25) is 0 Å². The van der Waals surface area contributed by atoms with E-state index in [9.17, 15) is 0 Å². The highest BCUT2D eigenvalue weighted by Crippen LogP contribution is 2.02. The molecule has 0 heterocycles. The summed E-state index contributed by atoms with van der Waals surface area (Å²) in [5.74, 6) is 0. The minimum atomic E-state index is 0.455. The van der Waals surface area contributed by atoms with E-state index < -0.39 is 0 Å². The summed E-state index contributed by atoms with van der Waals surface area (Å²) in [6.07, 6.45) is 6.30. The summed E-state index contributed by atoms with van der Waals surface area (Å²) < 4.78 is 0. The summed E-state index contributed by atoms with van der Waals surface area (Å²) >= 11 is 0. The number of hydrogen-bond donors (Lipinski definition) is 1. The number of hydrogen-bond acceptors (Lipinski definition) is 1. The third-order valence-electron chi connectivity index (χ3n) is 1.70. The molecular weight excluding hydrogens is 110 g/mol. The third kappa shape index (κ3) is 5.84. The quantitative estimate of drug-likeness (QED) is 0.566. The van der Waals surface area contributed by atoms with Crippen LogP contribution < -0.4 is 5.73 Å². The first kappa shape index (κ1) is 8.96. The van der Waals surface area contributed by atoms with Gasteiger partial charge in [-0.05, 0) is 12.8 Å². The molecule has 0 radical (unpaired) electrons. The monoisotopic (exact) mass is 129 g/mol. The van der Waals surface area contributed by atoms with Crippen molar-refractivity contribution in [2.45, 2.75) is 52.0 Å². The predicted octanol–water partition coefficient (Wildman–Crippen LogP) is 2.30. The molecule has 0 aliphatic carbocycles. The van der Waals surface area contributed by atoms with Gasteiger partial charge >= 0.3 is 0 Å². The fraction of sp³-hybridized carbons (Fsp3) is 1.00.